The number of amides is 1. The summed E-state index contributed by atoms with van der Waals surface area (Å²) in [5, 5.41) is 13.6. The minimum absolute atomic E-state index is 0.0175. The number of benzene rings is 2. The summed E-state index contributed by atoms with van der Waals surface area (Å²) in [5.74, 6) is -0.262. The van der Waals surface area contributed by atoms with E-state index in [1.807, 2.05) is 6.07 Å². The molecule has 0 aliphatic rings. The van der Waals surface area contributed by atoms with E-state index in [-0.39, 0.29) is 11.6 Å². The summed E-state index contributed by atoms with van der Waals surface area (Å²) in [6, 6.07) is 9.98. The molecule has 5 nitrogen and oxygen atoms in total. The van der Waals surface area contributed by atoms with Gasteiger partial charge < -0.3 is 5.32 Å². The predicted octanol–water partition coefficient (Wildman–Crippen LogP) is 4.23. The first-order valence-electron chi connectivity index (χ1n) is 6.21. The topological polar surface area (TPSA) is 72.2 Å². The lowest BCUT2D eigenvalue weighted by molar-refractivity contribution is -0.384. The molecule has 0 aliphatic heterocycles. The van der Waals surface area contributed by atoms with Crippen molar-refractivity contribution in [2.75, 3.05) is 5.32 Å². The van der Waals surface area contributed by atoms with Crippen molar-refractivity contribution < 1.29 is 9.72 Å². The van der Waals surface area contributed by atoms with Crippen LogP contribution in [0.2, 0.25) is 0 Å². The monoisotopic (exact) mass is 348 g/mol. The second-order valence-electron chi connectivity index (χ2n) is 4.65. The zero-order chi connectivity index (χ0) is 15.6. The molecular weight excluding hydrogens is 336 g/mol. The number of nitro benzene ring substituents is 1. The van der Waals surface area contributed by atoms with Crippen LogP contribution >= 0.6 is 15.9 Å². The summed E-state index contributed by atoms with van der Waals surface area (Å²) in [6.07, 6.45) is 0. The van der Waals surface area contributed by atoms with Gasteiger partial charge in [0.05, 0.1) is 10.5 Å². The maximum atomic E-state index is 12.3. The van der Waals surface area contributed by atoms with Gasteiger partial charge in [0.2, 0.25) is 0 Å². The van der Waals surface area contributed by atoms with Crippen molar-refractivity contribution in [1.82, 2.24) is 0 Å². The molecule has 21 heavy (non-hydrogen) atoms. The Balaban J connectivity index is 2.34. The molecule has 0 saturated heterocycles. The highest BCUT2D eigenvalue weighted by Crippen LogP contribution is 2.27. The molecule has 2 aromatic carbocycles. The van der Waals surface area contributed by atoms with Crippen LogP contribution in [0, 0.1) is 24.0 Å². The van der Waals surface area contributed by atoms with Crippen molar-refractivity contribution in [3.8, 4) is 0 Å². The third kappa shape index (κ3) is 3.28. The quantitative estimate of drug-likeness (QED) is 0.666. The second kappa shape index (κ2) is 6.05. The van der Waals surface area contributed by atoms with Crippen LogP contribution in [0.25, 0.3) is 0 Å². The number of carbonyl (C=O) groups is 1. The number of nitrogens with zero attached hydrogens (tertiary/aromatic N) is 1. The Kier molecular flexibility index (Phi) is 4.37. The Morgan fingerprint density at radius 2 is 1.76 bits per heavy atom. The van der Waals surface area contributed by atoms with Crippen LogP contribution in [0.3, 0.4) is 0 Å². The standard InChI is InChI=1S/C15H13BrN2O3/c1-9-7-11(18(20)21)8-10(2)14(9)17-15(19)12-5-3-4-6-13(12)16/h3-8H,1-2H3,(H,17,19). The summed E-state index contributed by atoms with van der Waals surface area (Å²) >= 11 is 3.33. The zero-order valence-corrected chi connectivity index (χ0v) is 13.1. The molecular formula is C15H13BrN2O3. The number of nitro groups is 1. The van der Waals surface area contributed by atoms with E-state index in [0.29, 0.717) is 26.9 Å². The lowest BCUT2D eigenvalue weighted by Crippen LogP contribution is -2.14. The number of rotatable bonds is 3. The number of anilines is 1. The molecule has 0 saturated carbocycles. The lowest BCUT2D eigenvalue weighted by atomic mass is 10.1. The zero-order valence-electron chi connectivity index (χ0n) is 11.5. The van der Waals surface area contributed by atoms with E-state index < -0.39 is 4.92 Å². The highest BCUT2D eigenvalue weighted by Gasteiger charge is 2.15. The SMILES string of the molecule is Cc1cc([N+](=O)[O-])cc(C)c1NC(=O)c1ccccc1Br. The van der Waals surface area contributed by atoms with Crippen molar-refractivity contribution in [1.29, 1.82) is 0 Å². The third-order valence-electron chi connectivity index (χ3n) is 3.09. The molecule has 0 aliphatic carbocycles. The van der Waals surface area contributed by atoms with Gasteiger partial charge in [-0.1, -0.05) is 12.1 Å². The molecule has 108 valence electrons. The van der Waals surface area contributed by atoms with E-state index in [1.54, 1.807) is 32.0 Å². The molecule has 0 aromatic heterocycles. The predicted molar refractivity (Wildman–Crippen MR) is 84.7 cm³/mol. The van der Waals surface area contributed by atoms with Crippen LogP contribution in [0.4, 0.5) is 11.4 Å². The Morgan fingerprint density at radius 1 is 1.19 bits per heavy atom. The van der Waals surface area contributed by atoms with Gasteiger partial charge in [-0.25, -0.2) is 0 Å². The fourth-order valence-corrected chi connectivity index (χ4v) is 2.53. The van der Waals surface area contributed by atoms with E-state index in [9.17, 15) is 14.9 Å². The molecule has 0 bridgehead atoms. The van der Waals surface area contributed by atoms with Crippen LogP contribution < -0.4 is 5.32 Å². The smallest absolute Gasteiger partial charge is 0.270 e. The van der Waals surface area contributed by atoms with Crippen LogP contribution in [-0.2, 0) is 0 Å². The highest BCUT2D eigenvalue weighted by molar-refractivity contribution is 9.10. The molecule has 1 N–H and O–H groups in total. The van der Waals surface area contributed by atoms with Gasteiger partial charge in [0, 0.05) is 22.3 Å². The van der Waals surface area contributed by atoms with Gasteiger partial charge >= 0.3 is 0 Å². The molecule has 0 spiro atoms. The average molecular weight is 349 g/mol. The molecule has 0 radical (unpaired) electrons. The molecule has 6 heteroatoms. The van der Waals surface area contributed by atoms with Gasteiger partial charge in [-0.2, -0.15) is 0 Å². The van der Waals surface area contributed by atoms with Crippen molar-refractivity contribution in [2.24, 2.45) is 0 Å². The van der Waals surface area contributed by atoms with E-state index in [2.05, 4.69) is 21.2 Å². The number of carbonyl (C=O) groups excluding carboxylic acids is 1. The summed E-state index contributed by atoms with van der Waals surface area (Å²) < 4.78 is 0.694. The Labute approximate surface area is 130 Å². The molecule has 2 aromatic rings. The summed E-state index contributed by atoms with van der Waals surface area (Å²) in [5.41, 5.74) is 2.43. The van der Waals surface area contributed by atoms with Crippen LogP contribution in [-0.4, -0.2) is 10.8 Å². The number of hydrogen-bond acceptors (Lipinski definition) is 3. The Hall–Kier alpha value is -2.21. The van der Waals surface area contributed by atoms with E-state index >= 15 is 0 Å². The number of hydrogen-bond donors (Lipinski definition) is 1. The maximum absolute atomic E-state index is 12.3. The van der Waals surface area contributed by atoms with Crippen molar-refractivity contribution in [3.63, 3.8) is 0 Å². The highest BCUT2D eigenvalue weighted by atomic mass is 79.9. The van der Waals surface area contributed by atoms with Gasteiger partial charge in [-0.15, -0.1) is 0 Å². The van der Waals surface area contributed by atoms with Gasteiger partial charge in [-0.3, -0.25) is 14.9 Å². The first kappa shape index (κ1) is 15.2. The number of nitrogens with one attached hydrogen (secondary N) is 1. The summed E-state index contributed by atoms with van der Waals surface area (Å²) in [7, 11) is 0. The van der Waals surface area contributed by atoms with Crippen molar-refractivity contribution in [3.05, 3.63) is 67.7 Å². The normalized spacial score (nSPS) is 10.2. The van der Waals surface area contributed by atoms with E-state index in [0.717, 1.165) is 0 Å². The minimum Gasteiger partial charge on any atom is -0.321 e. The van der Waals surface area contributed by atoms with Crippen molar-refractivity contribution >= 4 is 33.2 Å². The van der Waals surface area contributed by atoms with E-state index in [1.165, 1.54) is 12.1 Å². The summed E-state index contributed by atoms with van der Waals surface area (Å²) in [4.78, 5) is 22.7. The largest absolute Gasteiger partial charge is 0.321 e. The Bertz CT molecular complexity index is 706. The number of halogens is 1. The number of aryl methyl sites for hydroxylation is 2. The first-order chi connectivity index (χ1) is 9.90. The van der Waals surface area contributed by atoms with Gasteiger partial charge in [-0.05, 0) is 53.0 Å². The Morgan fingerprint density at radius 3 is 2.29 bits per heavy atom. The van der Waals surface area contributed by atoms with Gasteiger partial charge in [0.1, 0.15) is 0 Å². The minimum atomic E-state index is -0.445. The van der Waals surface area contributed by atoms with Crippen LogP contribution in [0.1, 0.15) is 21.5 Å². The van der Waals surface area contributed by atoms with Crippen molar-refractivity contribution in [2.45, 2.75) is 13.8 Å². The molecule has 0 fully saturated rings. The number of non-ortho nitro benzene ring substituents is 1. The fourth-order valence-electron chi connectivity index (χ4n) is 2.07. The second-order valence-corrected chi connectivity index (χ2v) is 5.50. The molecule has 0 atom stereocenters. The fraction of sp³-hybridized carbons (Fsp3) is 0.133. The van der Waals surface area contributed by atoms with Gasteiger partial charge in [0.25, 0.3) is 11.6 Å². The molecule has 2 rings (SSSR count). The third-order valence-corrected chi connectivity index (χ3v) is 3.78. The maximum Gasteiger partial charge on any atom is 0.270 e. The average Bonchev–Trinajstić information content (AvgIpc) is 2.42. The lowest BCUT2D eigenvalue weighted by Gasteiger charge is -2.12. The molecule has 0 heterocycles. The van der Waals surface area contributed by atoms with Gasteiger partial charge in [0.15, 0.2) is 0 Å². The summed E-state index contributed by atoms with van der Waals surface area (Å²) in [6.45, 7) is 3.46. The first-order valence-corrected chi connectivity index (χ1v) is 7.01. The molecule has 1 amide bonds. The van der Waals surface area contributed by atoms with Crippen LogP contribution in [0.15, 0.2) is 40.9 Å². The van der Waals surface area contributed by atoms with Crippen LogP contribution in [0.5, 0.6) is 0 Å². The van der Waals surface area contributed by atoms with E-state index in [4.69, 9.17) is 0 Å². The molecule has 0 unspecified atom stereocenters.